The lowest BCUT2D eigenvalue weighted by Crippen LogP contribution is -2.49. The zero-order valence-electron chi connectivity index (χ0n) is 19.3. The van der Waals surface area contributed by atoms with Crippen molar-refractivity contribution < 1.29 is 32.2 Å². The third kappa shape index (κ3) is 4.81. The molecule has 4 rings (SSSR count). The van der Waals surface area contributed by atoms with Crippen molar-refractivity contribution in [3.63, 3.8) is 0 Å². The molecule has 2 aromatic heterocycles. The maximum Gasteiger partial charge on any atom is 0.425 e. The van der Waals surface area contributed by atoms with Gasteiger partial charge in [-0.2, -0.15) is 12.7 Å². The predicted molar refractivity (Wildman–Crippen MR) is 128 cm³/mol. The maximum absolute atomic E-state index is 12.7. The van der Waals surface area contributed by atoms with Crippen molar-refractivity contribution in [3.05, 3.63) is 16.1 Å². The molecule has 2 saturated heterocycles. The van der Waals surface area contributed by atoms with E-state index >= 15 is 0 Å². The summed E-state index contributed by atoms with van der Waals surface area (Å²) in [7, 11) is -4.46. The van der Waals surface area contributed by atoms with Crippen LogP contribution in [0.2, 0.25) is 0 Å². The van der Waals surface area contributed by atoms with Crippen LogP contribution in [0, 0.1) is 3.57 Å². The zero-order valence-corrected chi connectivity index (χ0v) is 22.2. The number of hydrogen-bond acceptors (Lipinski definition) is 10. The van der Waals surface area contributed by atoms with Crippen LogP contribution >= 0.6 is 22.6 Å². The molecule has 0 unspecified atom stereocenters. The van der Waals surface area contributed by atoms with Crippen molar-refractivity contribution in [2.75, 3.05) is 12.3 Å². The largest absolute Gasteiger partial charge is 0.443 e. The Labute approximate surface area is 210 Å². The summed E-state index contributed by atoms with van der Waals surface area (Å²) in [6.45, 7) is 7.90. The summed E-state index contributed by atoms with van der Waals surface area (Å²) < 4.78 is 51.1. The van der Waals surface area contributed by atoms with Gasteiger partial charge >= 0.3 is 16.3 Å². The third-order valence-corrected chi connectivity index (χ3v) is 6.97. The number of carbonyl (C=O) groups is 1. The molecule has 1 amide bonds. The van der Waals surface area contributed by atoms with Crippen molar-refractivity contribution in [2.24, 2.45) is 5.14 Å². The molecule has 0 spiro atoms. The van der Waals surface area contributed by atoms with Crippen molar-refractivity contribution in [3.8, 4) is 0 Å². The lowest BCUT2D eigenvalue weighted by atomic mass is 10.1. The van der Waals surface area contributed by atoms with E-state index in [2.05, 4.69) is 32.6 Å². The van der Waals surface area contributed by atoms with E-state index in [9.17, 15) is 13.2 Å². The average molecular weight is 610 g/mol. The van der Waals surface area contributed by atoms with E-state index in [-0.39, 0.29) is 0 Å². The molecular formula is C19H27IN6O7S. The Kier molecular flexibility index (Phi) is 6.26. The monoisotopic (exact) mass is 610 g/mol. The fraction of sp³-hybridized carbons (Fsp3) is 0.632. The minimum Gasteiger partial charge on any atom is -0.443 e. The Balaban J connectivity index is 1.70. The van der Waals surface area contributed by atoms with Gasteiger partial charge in [0, 0.05) is 9.77 Å². The van der Waals surface area contributed by atoms with Gasteiger partial charge in [-0.3, -0.25) is 0 Å². The van der Waals surface area contributed by atoms with E-state index in [1.165, 1.54) is 6.33 Å². The highest BCUT2D eigenvalue weighted by Crippen LogP contribution is 2.45. The molecule has 0 radical (unpaired) electrons. The molecule has 13 nitrogen and oxygen atoms in total. The van der Waals surface area contributed by atoms with E-state index in [0.29, 0.717) is 21.2 Å². The van der Waals surface area contributed by atoms with Crippen LogP contribution in [-0.4, -0.2) is 69.6 Å². The molecular weight excluding hydrogens is 583 g/mol. The van der Waals surface area contributed by atoms with E-state index in [0.717, 1.165) is 3.57 Å². The Morgan fingerprint density at radius 1 is 1.29 bits per heavy atom. The van der Waals surface area contributed by atoms with Gasteiger partial charge in [0.1, 0.15) is 41.7 Å². The molecule has 4 heterocycles. The maximum atomic E-state index is 12.7. The first-order chi connectivity index (χ1) is 15.6. The molecule has 0 aromatic carbocycles. The van der Waals surface area contributed by atoms with E-state index in [1.807, 2.05) is 0 Å². The van der Waals surface area contributed by atoms with Crippen molar-refractivity contribution in [1.29, 1.82) is 0 Å². The molecule has 2 fully saturated rings. The number of rotatable bonds is 4. The van der Waals surface area contributed by atoms with E-state index < -0.39 is 58.8 Å². The highest BCUT2D eigenvalue weighted by molar-refractivity contribution is 14.1. The summed E-state index contributed by atoms with van der Waals surface area (Å²) >= 11 is 2.12. The quantitative estimate of drug-likeness (QED) is 0.483. The van der Waals surface area contributed by atoms with Crippen LogP contribution in [0.5, 0.6) is 0 Å². The SMILES string of the molecule is CC(C)(C)OC(=O)N(C[C@H]1O[C@@H](n2cc(I)c3c(N)ncnc32)[C@@H]2OC(C)(C)O[C@@H]21)S(N)(=O)=O. The van der Waals surface area contributed by atoms with Gasteiger partial charge in [0.15, 0.2) is 12.0 Å². The van der Waals surface area contributed by atoms with Crippen LogP contribution in [0.25, 0.3) is 11.0 Å². The molecule has 0 bridgehead atoms. The summed E-state index contributed by atoms with van der Waals surface area (Å²) in [6, 6.07) is 0. The number of fused-ring (bicyclic) bond motifs is 2. The molecule has 34 heavy (non-hydrogen) atoms. The number of anilines is 1. The number of halogens is 1. The number of nitrogens with two attached hydrogens (primary N) is 2. The van der Waals surface area contributed by atoms with Crippen LogP contribution in [0.15, 0.2) is 12.5 Å². The Morgan fingerprint density at radius 3 is 2.56 bits per heavy atom. The van der Waals surface area contributed by atoms with Crippen molar-refractivity contribution >= 4 is 55.7 Å². The predicted octanol–water partition coefficient (Wildman–Crippen LogP) is 1.48. The fourth-order valence-corrected chi connectivity index (χ4v) is 5.46. The van der Waals surface area contributed by atoms with Crippen molar-refractivity contribution in [2.45, 2.75) is 70.5 Å². The van der Waals surface area contributed by atoms with Crippen LogP contribution in [0.3, 0.4) is 0 Å². The standard InChI is InChI=1S/C19H27IN6O7S/c1-18(2,3)33-17(27)26(34(22,28)29)7-10-12-13(32-19(4,5)31-12)16(30-10)25-6-9(20)11-14(21)23-8-24-15(11)25/h6,8,10,12-13,16H,7H2,1-5H3,(H2,21,23,24)(H2,22,28,29)/t10-,12-,13-,16-/m1/s1. The highest BCUT2D eigenvalue weighted by atomic mass is 127. The van der Waals surface area contributed by atoms with Gasteiger partial charge in [0.25, 0.3) is 0 Å². The number of nitrogens with zero attached hydrogens (tertiary/aromatic N) is 4. The summed E-state index contributed by atoms with van der Waals surface area (Å²) in [5.74, 6) is -0.661. The molecule has 188 valence electrons. The summed E-state index contributed by atoms with van der Waals surface area (Å²) in [6.07, 6.45) is -0.979. The van der Waals surface area contributed by atoms with Gasteiger partial charge in [0.2, 0.25) is 0 Å². The third-order valence-electron chi connectivity index (χ3n) is 5.24. The molecule has 15 heteroatoms. The van der Waals surface area contributed by atoms with Gasteiger partial charge in [-0.15, -0.1) is 0 Å². The summed E-state index contributed by atoms with van der Waals surface area (Å²) in [5.41, 5.74) is 5.62. The minimum absolute atomic E-state index is 0.313. The minimum atomic E-state index is -4.46. The van der Waals surface area contributed by atoms with Crippen LogP contribution in [0.1, 0.15) is 40.8 Å². The second kappa shape index (κ2) is 8.41. The first-order valence-electron chi connectivity index (χ1n) is 10.4. The first kappa shape index (κ1) is 25.3. The van der Waals surface area contributed by atoms with Crippen LogP contribution < -0.4 is 10.9 Å². The van der Waals surface area contributed by atoms with Gasteiger partial charge in [0.05, 0.1) is 11.9 Å². The number of nitrogen functional groups attached to an aromatic ring is 1. The second-order valence-electron chi connectivity index (χ2n) is 9.53. The molecule has 2 aliphatic rings. The molecule has 0 aliphatic carbocycles. The second-order valence-corrected chi connectivity index (χ2v) is 12.2. The highest BCUT2D eigenvalue weighted by Gasteiger charge is 2.57. The smallest absolute Gasteiger partial charge is 0.425 e. The zero-order chi connectivity index (χ0) is 25.2. The Hall–Kier alpha value is -1.79. The number of ether oxygens (including phenoxy) is 4. The number of carbonyl (C=O) groups excluding carboxylic acids is 1. The van der Waals surface area contributed by atoms with E-state index in [4.69, 9.17) is 29.8 Å². The molecule has 2 aliphatic heterocycles. The van der Waals surface area contributed by atoms with Gasteiger partial charge in [-0.1, -0.05) is 0 Å². The molecule has 2 aromatic rings. The Bertz CT molecular complexity index is 1230. The number of hydrogen-bond donors (Lipinski definition) is 2. The lowest BCUT2D eigenvalue weighted by molar-refractivity contribution is -0.196. The van der Waals surface area contributed by atoms with E-state index in [1.54, 1.807) is 45.4 Å². The summed E-state index contributed by atoms with van der Waals surface area (Å²) in [5, 5.41) is 6.00. The van der Waals surface area contributed by atoms with Gasteiger partial charge in [-0.25, -0.2) is 19.9 Å². The van der Waals surface area contributed by atoms with Crippen LogP contribution in [0.4, 0.5) is 10.6 Å². The molecule has 4 N–H and O–H groups in total. The molecule has 0 saturated carbocycles. The fourth-order valence-electron chi connectivity index (χ4n) is 4.04. The van der Waals surface area contributed by atoms with Crippen LogP contribution in [-0.2, 0) is 29.2 Å². The number of amides is 1. The number of aromatic nitrogens is 3. The Morgan fingerprint density at radius 2 is 1.94 bits per heavy atom. The van der Waals surface area contributed by atoms with Crippen molar-refractivity contribution in [1.82, 2.24) is 18.8 Å². The topological polar surface area (TPSA) is 174 Å². The van der Waals surface area contributed by atoms with Gasteiger partial charge in [-0.05, 0) is 57.2 Å². The average Bonchev–Trinajstić information content (AvgIpc) is 3.26. The lowest BCUT2D eigenvalue weighted by Gasteiger charge is -2.29. The summed E-state index contributed by atoms with van der Waals surface area (Å²) in [4.78, 5) is 21.0. The first-order valence-corrected chi connectivity index (χ1v) is 13.0. The van der Waals surface area contributed by atoms with Gasteiger partial charge < -0.3 is 29.2 Å². The normalized spacial score (nSPS) is 26.6. The molecule has 4 atom stereocenters.